The van der Waals surface area contributed by atoms with E-state index in [4.69, 9.17) is 9.73 Å². The zero-order valence-electron chi connectivity index (χ0n) is 18.4. The molecule has 1 heterocycles. The SMILES string of the molecule is CCNC(=NCCc1ccc(C)c(OC)c1)NC(C)Cc1c(C)nn(C)c1C. The van der Waals surface area contributed by atoms with Crippen LogP contribution in [0.15, 0.2) is 23.2 Å². The van der Waals surface area contributed by atoms with Crippen molar-refractivity contribution in [1.29, 1.82) is 0 Å². The molecule has 0 saturated carbocycles. The molecular formula is C22H35N5O. The van der Waals surface area contributed by atoms with Crippen molar-refractivity contribution >= 4 is 5.96 Å². The van der Waals surface area contributed by atoms with Crippen molar-refractivity contribution in [3.05, 3.63) is 46.3 Å². The fourth-order valence-corrected chi connectivity index (χ4v) is 3.34. The molecular weight excluding hydrogens is 350 g/mol. The molecule has 1 aromatic carbocycles. The van der Waals surface area contributed by atoms with Crippen molar-refractivity contribution in [2.45, 2.75) is 53.5 Å². The van der Waals surface area contributed by atoms with Crippen molar-refractivity contribution in [3.63, 3.8) is 0 Å². The Morgan fingerprint density at radius 1 is 1.29 bits per heavy atom. The zero-order chi connectivity index (χ0) is 20.7. The van der Waals surface area contributed by atoms with Crippen LogP contribution in [0.1, 0.15) is 41.9 Å². The van der Waals surface area contributed by atoms with E-state index in [-0.39, 0.29) is 6.04 Å². The van der Waals surface area contributed by atoms with Crippen LogP contribution in [0.3, 0.4) is 0 Å². The highest BCUT2D eigenvalue weighted by molar-refractivity contribution is 5.80. The van der Waals surface area contributed by atoms with Gasteiger partial charge in [0, 0.05) is 31.9 Å². The summed E-state index contributed by atoms with van der Waals surface area (Å²) in [5.74, 6) is 1.79. The third-order valence-electron chi connectivity index (χ3n) is 5.04. The topological polar surface area (TPSA) is 63.5 Å². The maximum absolute atomic E-state index is 5.41. The van der Waals surface area contributed by atoms with Crippen molar-refractivity contribution < 1.29 is 4.74 Å². The fourth-order valence-electron chi connectivity index (χ4n) is 3.34. The van der Waals surface area contributed by atoms with Gasteiger partial charge in [-0.15, -0.1) is 0 Å². The number of ether oxygens (including phenoxy) is 1. The number of guanidine groups is 1. The molecule has 1 atom stereocenters. The summed E-state index contributed by atoms with van der Waals surface area (Å²) < 4.78 is 7.37. The lowest BCUT2D eigenvalue weighted by Crippen LogP contribution is -2.43. The number of methoxy groups -OCH3 is 1. The summed E-state index contributed by atoms with van der Waals surface area (Å²) in [6, 6.07) is 6.60. The third kappa shape index (κ3) is 5.75. The summed E-state index contributed by atoms with van der Waals surface area (Å²) in [5.41, 5.74) is 6.02. The number of hydrogen-bond donors (Lipinski definition) is 2. The minimum Gasteiger partial charge on any atom is -0.496 e. The van der Waals surface area contributed by atoms with Crippen molar-refractivity contribution in [3.8, 4) is 5.75 Å². The van der Waals surface area contributed by atoms with E-state index in [2.05, 4.69) is 68.6 Å². The Balaban J connectivity index is 1.97. The Labute approximate surface area is 169 Å². The smallest absolute Gasteiger partial charge is 0.191 e. The van der Waals surface area contributed by atoms with E-state index < -0.39 is 0 Å². The van der Waals surface area contributed by atoms with Gasteiger partial charge in [-0.05, 0) is 70.2 Å². The van der Waals surface area contributed by atoms with E-state index >= 15 is 0 Å². The van der Waals surface area contributed by atoms with Crippen LogP contribution in [-0.2, 0) is 19.9 Å². The Bertz CT molecular complexity index is 809. The second-order valence-electron chi connectivity index (χ2n) is 7.34. The molecule has 2 aromatic rings. The van der Waals surface area contributed by atoms with Crippen molar-refractivity contribution in [1.82, 2.24) is 20.4 Å². The quantitative estimate of drug-likeness (QED) is 0.541. The molecule has 6 heteroatoms. The number of hydrogen-bond acceptors (Lipinski definition) is 3. The number of nitrogens with zero attached hydrogens (tertiary/aromatic N) is 3. The number of aryl methyl sites for hydroxylation is 3. The maximum Gasteiger partial charge on any atom is 0.191 e. The van der Waals surface area contributed by atoms with Gasteiger partial charge < -0.3 is 15.4 Å². The average Bonchev–Trinajstić information content (AvgIpc) is 2.89. The number of rotatable bonds is 8. The zero-order valence-corrected chi connectivity index (χ0v) is 18.4. The van der Waals surface area contributed by atoms with Gasteiger partial charge in [0.15, 0.2) is 5.96 Å². The fraction of sp³-hybridized carbons (Fsp3) is 0.545. The highest BCUT2D eigenvalue weighted by atomic mass is 16.5. The summed E-state index contributed by atoms with van der Waals surface area (Å²) in [6.07, 6.45) is 1.80. The van der Waals surface area contributed by atoms with Gasteiger partial charge in [0.2, 0.25) is 0 Å². The monoisotopic (exact) mass is 385 g/mol. The van der Waals surface area contributed by atoms with Crippen LogP contribution in [0.2, 0.25) is 0 Å². The highest BCUT2D eigenvalue weighted by Crippen LogP contribution is 2.19. The van der Waals surface area contributed by atoms with Crippen molar-refractivity contribution in [2.24, 2.45) is 12.0 Å². The van der Waals surface area contributed by atoms with E-state index in [1.807, 2.05) is 11.7 Å². The number of aromatic nitrogens is 2. The molecule has 28 heavy (non-hydrogen) atoms. The molecule has 0 amide bonds. The maximum atomic E-state index is 5.41. The van der Waals surface area contributed by atoms with Crippen LogP contribution in [-0.4, -0.2) is 42.0 Å². The van der Waals surface area contributed by atoms with Gasteiger partial charge in [-0.3, -0.25) is 9.67 Å². The highest BCUT2D eigenvalue weighted by Gasteiger charge is 2.14. The van der Waals surface area contributed by atoms with E-state index in [1.54, 1.807) is 7.11 Å². The number of aliphatic imine (C=N–C) groups is 1. The molecule has 0 aliphatic heterocycles. The lowest BCUT2D eigenvalue weighted by molar-refractivity contribution is 0.411. The number of benzene rings is 1. The molecule has 0 bridgehead atoms. The molecule has 154 valence electrons. The predicted molar refractivity (Wildman–Crippen MR) is 116 cm³/mol. The Morgan fingerprint density at radius 3 is 2.64 bits per heavy atom. The Morgan fingerprint density at radius 2 is 2.04 bits per heavy atom. The average molecular weight is 386 g/mol. The molecule has 0 fully saturated rings. The first kappa shape index (κ1) is 21.8. The minimum absolute atomic E-state index is 0.263. The molecule has 0 aliphatic carbocycles. The van der Waals surface area contributed by atoms with Gasteiger partial charge in [0.1, 0.15) is 5.75 Å². The van der Waals surface area contributed by atoms with E-state index in [1.165, 1.54) is 16.8 Å². The molecule has 6 nitrogen and oxygen atoms in total. The molecule has 0 aliphatic rings. The number of nitrogens with one attached hydrogen (secondary N) is 2. The molecule has 0 saturated heterocycles. The Hall–Kier alpha value is -2.50. The lowest BCUT2D eigenvalue weighted by atomic mass is 10.1. The third-order valence-corrected chi connectivity index (χ3v) is 5.04. The van der Waals surface area contributed by atoms with Crippen LogP contribution in [0, 0.1) is 20.8 Å². The molecule has 2 N–H and O–H groups in total. The van der Waals surface area contributed by atoms with Gasteiger partial charge in [-0.2, -0.15) is 5.10 Å². The first-order valence-corrected chi connectivity index (χ1v) is 10.0. The van der Waals surface area contributed by atoms with Crippen LogP contribution in [0.5, 0.6) is 5.75 Å². The minimum atomic E-state index is 0.263. The second kappa shape index (κ2) is 10.2. The van der Waals surface area contributed by atoms with Gasteiger partial charge in [-0.25, -0.2) is 0 Å². The molecule has 0 radical (unpaired) electrons. The lowest BCUT2D eigenvalue weighted by Gasteiger charge is -2.18. The largest absolute Gasteiger partial charge is 0.496 e. The standard InChI is InChI=1S/C22H35N5O/c1-8-23-22(24-12-11-19-10-9-15(2)21(14-19)28-7)25-16(3)13-20-17(4)26-27(6)18(20)5/h9-10,14,16H,8,11-13H2,1-7H3,(H2,23,24,25). The second-order valence-corrected chi connectivity index (χ2v) is 7.34. The first-order chi connectivity index (χ1) is 13.3. The molecule has 1 aromatic heterocycles. The van der Waals surface area contributed by atoms with Gasteiger partial charge in [-0.1, -0.05) is 12.1 Å². The summed E-state index contributed by atoms with van der Waals surface area (Å²) >= 11 is 0. The molecule has 1 unspecified atom stereocenters. The van der Waals surface area contributed by atoms with Gasteiger partial charge in [0.25, 0.3) is 0 Å². The van der Waals surface area contributed by atoms with Crippen molar-refractivity contribution in [2.75, 3.05) is 20.2 Å². The molecule has 2 rings (SSSR count). The summed E-state index contributed by atoms with van der Waals surface area (Å²) in [6.45, 7) is 12.1. The Kier molecular flexibility index (Phi) is 7.91. The van der Waals surface area contributed by atoms with E-state index in [9.17, 15) is 0 Å². The van der Waals surface area contributed by atoms with Gasteiger partial charge >= 0.3 is 0 Å². The van der Waals surface area contributed by atoms with Crippen LogP contribution >= 0.6 is 0 Å². The summed E-state index contributed by atoms with van der Waals surface area (Å²) in [5, 5.41) is 11.4. The van der Waals surface area contributed by atoms with E-state index in [0.29, 0.717) is 0 Å². The summed E-state index contributed by atoms with van der Waals surface area (Å²) in [4.78, 5) is 4.75. The van der Waals surface area contributed by atoms with Crippen LogP contribution in [0.25, 0.3) is 0 Å². The van der Waals surface area contributed by atoms with Crippen LogP contribution < -0.4 is 15.4 Å². The predicted octanol–water partition coefficient (Wildman–Crippen LogP) is 3.08. The van der Waals surface area contributed by atoms with Gasteiger partial charge in [0.05, 0.1) is 12.8 Å². The van der Waals surface area contributed by atoms with E-state index in [0.717, 1.165) is 48.9 Å². The molecule has 0 spiro atoms. The first-order valence-electron chi connectivity index (χ1n) is 10.0. The normalized spacial score (nSPS) is 12.8. The van der Waals surface area contributed by atoms with Crippen LogP contribution in [0.4, 0.5) is 0 Å². The summed E-state index contributed by atoms with van der Waals surface area (Å²) in [7, 11) is 3.71.